The Morgan fingerprint density at radius 1 is 1.12 bits per heavy atom. The highest BCUT2D eigenvalue weighted by molar-refractivity contribution is 6.05. The van der Waals surface area contributed by atoms with Gasteiger partial charge >= 0.3 is 5.97 Å². The van der Waals surface area contributed by atoms with E-state index < -0.39 is 17.8 Å². The Balaban J connectivity index is 1.97. The third kappa shape index (κ3) is 3.10. The number of anilines is 1. The van der Waals surface area contributed by atoms with Gasteiger partial charge in [0.2, 0.25) is 5.91 Å². The largest absolute Gasteiger partial charge is 0.465 e. The lowest BCUT2D eigenvalue weighted by molar-refractivity contribution is -0.118. The second-order valence-electron chi connectivity index (χ2n) is 5.60. The van der Waals surface area contributed by atoms with Crippen molar-refractivity contribution in [2.45, 2.75) is 13.0 Å². The van der Waals surface area contributed by atoms with Crippen molar-refractivity contribution in [3.8, 4) is 0 Å². The summed E-state index contributed by atoms with van der Waals surface area (Å²) in [7, 11) is 1.31. The number of para-hydroxylation sites is 2. The normalized spacial score (nSPS) is 12.0. The monoisotopic (exact) mass is 340 g/mol. The van der Waals surface area contributed by atoms with Gasteiger partial charge in [-0.15, -0.1) is 0 Å². The van der Waals surface area contributed by atoms with Gasteiger partial charge in [0.15, 0.2) is 0 Å². The van der Waals surface area contributed by atoms with Gasteiger partial charge in [-0.3, -0.25) is 4.79 Å². The molecule has 0 fully saturated rings. The van der Waals surface area contributed by atoms with Crippen LogP contribution in [0.5, 0.6) is 0 Å². The molecular formula is C19H17FN2O3. The third-order valence-electron chi connectivity index (χ3n) is 4.07. The molecule has 5 nitrogen and oxygen atoms in total. The molecule has 0 spiro atoms. The highest BCUT2D eigenvalue weighted by Crippen LogP contribution is 2.26. The summed E-state index contributed by atoms with van der Waals surface area (Å²) in [4.78, 5) is 24.5. The van der Waals surface area contributed by atoms with Crippen molar-refractivity contribution in [3.63, 3.8) is 0 Å². The number of carbonyl (C=O) groups is 2. The van der Waals surface area contributed by atoms with Gasteiger partial charge < -0.3 is 14.6 Å². The highest BCUT2D eigenvalue weighted by atomic mass is 19.1. The quantitative estimate of drug-likeness (QED) is 0.736. The molecule has 128 valence electrons. The van der Waals surface area contributed by atoms with Gasteiger partial charge in [0.25, 0.3) is 0 Å². The van der Waals surface area contributed by atoms with Crippen LogP contribution in [-0.2, 0) is 9.53 Å². The SMILES string of the molecule is COC(=O)c1cn([C@H](C)C(=O)Nc2ccccc2F)c2ccccc12. The van der Waals surface area contributed by atoms with E-state index in [0.717, 1.165) is 5.52 Å². The molecule has 0 saturated carbocycles. The molecule has 0 bridgehead atoms. The summed E-state index contributed by atoms with van der Waals surface area (Å²) in [5.41, 5.74) is 1.21. The number of benzene rings is 2. The van der Waals surface area contributed by atoms with E-state index in [1.807, 2.05) is 18.2 Å². The fraction of sp³-hybridized carbons (Fsp3) is 0.158. The van der Waals surface area contributed by atoms with Gasteiger partial charge in [-0.05, 0) is 25.1 Å². The van der Waals surface area contributed by atoms with Crippen molar-refractivity contribution in [2.75, 3.05) is 12.4 Å². The highest BCUT2D eigenvalue weighted by Gasteiger charge is 2.22. The van der Waals surface area contributed by atoms with E-state index in [1.54, 1.807) is 35.9 Å². The third-order valence-corrected chi connectivity index (χ3v) is 4.07. The van der Waals surface area contributed by atoms with Crippen LogP contribution in [0.4, 0.5) is 10.1 Å². The van der Waals surface area contributed by atoms with Crippen LogP contribution < -0.4 is 5.32 Å². The lowest BCUT2D eigenvalue weighted by atomic mass is 10.2. The van der Waals surface area contributed by atoms with Gasteiger partial charge in [0.1, 0.15) is 11.9 Å². The number of aromatic nitrogens is 1. The molecule has 0 saturated heterocycles. The Labute approximate surface area is 144 Å². The number of hydrogen-bond acceptors (Lipinski definition) is 3. The molecule has 0 aliphatic heterocycles. The molecule has 2 aromatic carbocycles. The minimum Gasteiger partial charge on any atom is -0.465 e. The van der Waals surface area contributed by atoms with Crippen LogP contribution in [0.15, 0.2) is 54.7 Å². The number of nitrogens with one attached hydrogen (secondary N) is 1. The molecule has 1 N–H and O–H groups in total. The molecular weight excluding hydrogens is 323 g/mol. The van der Waals surface area contributed by atoms with Crippen molar-refractivity contribution in [2.24, 2.45) is 0 Å². The molecule has 6 heteroatoms. The zero-order valence-electron chi connectivity index (χ0n) is 13.8. The molecule has 25 heavy (non-hydrogen) atoms. The van der Waals surface area contributed by atoms with Crippen LogP contribution in [0.1, 0.15) is 23.3 Å². The maximum Gasteiger partial charge on any atom is 0.340 e. The first-order chi connectivity index (χ1) is 12.0. The number of carbonyl (C=O) groups excluding carboxylic acids is 2. The second kappa shape index (κ2) is 6.76. The number of ether oxygens (including phenoxy) is 1. The van der Waals surface area contributed by atoms with Crippen LogP contribution >= 0.6 is 0 Å². The van der Waals surface area contributed by atoms with Gasteiger partial charge in [-0.2, -0.15) is 0 Å². The first-order valence-corrected chi connectivity index (χ1v) is 7.76. The minimum absolute atomic E-state index is 0.115. The van der Waals surface area contributed by atoms with E-state index in [-0.39, 0.29) is 11.6 Å². The molecule has 0 aliphatic carbocycles. The molecule has 3 rings (SSSR count). The van der Waals surface area contributed by atoms with Crippen molar-refractivity contribution in [1.82, 2.24) is 4.57 Å². The number of halogens is 1. The fourth-order valence-electron chi connectivity index (χ4n) is 2.72. The van der Waals surface area contributed by atoms with Crippen molar-refractivity contribution < 1.29 is 18.7 Å². The molecule has 0 unspecified atom stereocenters. The number of hydrogen-bond donors (Lipinski definition) is 1. The number of fused-ring (bicyclic) bond motifs is 1. The van der Waals surface area contributed by atoms with Crippen LogP contribution in [0, 0.1) is 5.82 Å². The molecule has 1 atom stereocenters. The zero-order valence-corrected chi connectivity index (χ0v) is 13.8. The number of esters is 1. The van der Waals surface area contributed by atoms with Gasteiger partial charge in [0, 0.05) is 17.1 Å². The van der Waals surface area contributed by atoms with E-state index in [1.165, 1.54) is 19.2 Å². The number of nitrogens with zero attached hydrogens (tertiary/aromatic N) is 1. The summed E-state index contributed by atoms with van der Waals surface area (Å²) in [6.45, 7) is 1.68. The first-order valence-electron chi connectivity index (χ1n) is 7.76. The lowest BCUT2D eigenvalue weighted by Crippen LogP contribution is -2.23. The van der Waals surface area contributed by atoms with Gasteiger partial charge in [-0.25, -0.2) is 9.18 Å². The molecule has 1 amide bonds. The minimum atomic E-state index is -0.650. The van der Waals surface area contributed by atoms with Gasteiger partial charge in [0.05, 0.1) is 18.4 Å². The standard InChI is InChI=1S/C19H17FN2O3/c1-12(18(23)21-16-9-5-4-8-15(16)20)22-11-14(19(24)25-2)13-7-3-6-10-17(13)22/h3-12H,1-2H3,(H,21,23)/t12-/m1/s1. The summed E-state index contributed by atoms with van der Waals surface area (Å²) in [5, 5.41) is 3.27. The molecule has 0 radical (unpaired) electrons. The Morgan fingerprint density at radius 3 is 2.52 bits per heavy atom. The lowest BCUT2D eigenvalue weighted by Gasteiger charge is -2.15. The Bertz CT molecular complexity index is 949. The van der Waals surface area contributed by atoms with Crippen LogP contribution in [0.3, 0.4) is 0 Å². The maximum atomic E-state index is 13.7. The summed E-state index contributed by atoms with van der Waals surface area (Å²) in [6, 6.07) is 12.6. The van der Waals surface area contributed by atoms with E-state index >= 15 is 0 Å². The van der Waals surface area contributed by atoms with Gasteiger partial charge in [-0.1, -0.05) is 30.3 Å². The summed E-state index contributed by atoms with van der Waals surface area (Å²) >= 11 is 0. The Kier molecular flexibility index (Phi) is 4.52. The predicted molar refractivity (Wildman–Crippen MR) is 93.0 cm³/mol. The Hall–Kier alpha value is -3.15. The van der Waals surface area contributed by atoms with Crippen LogP contribution in [-0.4, -0.2) is 23.6 Å². The van der Waals surface area contributed by atoms with Crippen molar-refractivity contribution >= 4 is 28.5 Å². The average molecular weight is 340 g/mol. The maximum absolute atomic E-state index is 13.7. The van der Waals surface area contributed by atoms with Crippen molar-refractivity contribution in [3.05, 3.63) is 66.1 Å². The number of rotatable bonds is 4. The van der Waals surface area contributed by atoms with Crippen molar-refractivity contribution in [1.29, 1.82) is 0 Å². The number of methoxy groups -OCH3 is 1. The zero-order chi connectivity index (χ0) is 18.0. The summed E-state index contributed by atoms with van der Waals surface area (Å²) < 4.78 is 20.2. The Morgan fingerprint density at radius 2 is 1.80 bits per heavy atom. The topological polar surface area (TPSA) is 60.3 Å². The smallest absolute Gasteiger partial charge is 0.340 e. The average Bonchev–Trinajstić information content (AvgIpc) is 3.02. The molecule has 0 aliphatic rings. The van der Waals surface area contributed by atoms with E-state index in [0.29, 0.717) is 10.9 Å². The van der Waals surface area contributed by atoms with E-state index in [9.17, 15) is 14.0 Å². The van der Waals surface area contributed by atoms with Crippen LogP contribution in [0.2, 0.25) is 0 Å². The predicted octanol–water partition coefficient (Wildman–Crippen LogP) is 3.77. The summed E-state index contributed by atoms with van der Waals surface area (Å²) in [6.07, 6.45) is 1.59. The van der Waals surface area contributed by atoms with E-state index in [2.05, 4.69) is 5.32 Å². The molecule has 1 aromatic heterocycles. The fourth-order valence-corrected chi connectivity index (χ4v) is 2.72. The first kappa shape index (κ1) is 16.7. The molecule has 3 aromatic rings. The van der Waals surface area contributed by atoms with Crippen LogP contribution in [0.25, 0.3) is 10.9 Å². The summed E-state index contributed by atoms with van der Waals surface area (Å²) in [5.74, 6) is -1.37. The van der Waals surface area contributed by atoms with E-state index in [4.69, 9.17) is 4.74 Å². The number of amides is 1. The molecule has 1 heterocycles. The second-order valence-corrected chi connectivity index (χ2v) is 5.60.